The second kappa shape index (κ2) is 9.53. The second-order valence-electron chi connectivity index (χ2n) is 6.64. The van der Waals surface area contributed by atoms with Crippen molar-refractivity contribution in [3.63, 3.8) is 0 Å². The third-order valence-corrected chi connectivity index (χ3v) is 5.31. The first-order chi connectivity index (χ1) is 10.5. The van der Waals surface area contributed by atoms with Gasteiger partial charge in [-0.1, -0.05) is 37.5 Å². The third-order valence-electron chi connectivity index (χ3n) is 4.46. The zero-order valence-electron chi connectivity index (χ0n) is 15.8. The van der Waals surface area contributed by atoms with Gasteiger partial charge in [0.2, 0.25) is 0 Å². The highest BCUT2D eigenvalue weighted by Gasteiger charge is 2.37. The summed E-state index contributed by atoms with van der Waals surface area (Å²) < 4.78 is 5.79. The number of ketones is 1. The Balaban J connectivity index is 4.99. The van der Waals surface area contributed by atoms with E-state index in [0.717, 1.165) is 23.9 Å². The first-order valence-corrected chi connectivity index (χ1v) is 8.77. The zero-order chi connectivity index (χ0) is 18.3. The van der Waals surface area contributed by atoms with Gasteiger partial charge in [0.25, 0.3) is 0 Å². The average molecular weight is 335 g/mol. The van der Waals surface area contributed by atoms with Gasteiger partial charge in [-0.15, -0.1) is 0 Å². The van der Waals surface area contributed by atoms with Gasteiger partial charge in [0.05, 0.1) is 5.60 Å². The Bertz CT molecular complexity index is 488. The predicted octanol–water partition coefficient (Wildman–Crippen LogP) is 5.27. The summed E-state index contributed by atoms with van der Waals surface area (Å²) >= 11 is 4.72. The van der Waals surface area contributed by atoms with Crippen LogP contribution < -0.4 is 0 Å². The normalized spacial score (nSPS) is 16.0. The molecule has 0 aliphatic rings. The summed E-state index contributed by atoms with van der Waals surface area (Å²) in [6.07, 6.45) is 6.08. The topological polar surface area (TPSA) is 26.3 Å². The van der Waals surface area contributed by atoms with Gasteiger partial charge in [0.15, 0.2) is 5.78 Å². The molecule has 23 heavy (non-hydrogen) atoms. The first kappa shape index (κ1) is 22.3. The number of hydrogen-bond donors (Lipinski definition) is 1. The molecule has 0 bridgehead atoms. The molecule has 0 rings (SSSR count). The van der Waals surface area contributed by atoms with Gasteiger partial charge < -0.3 is 4.65 Å². The molecule has 0 amide bonds. The second-order valence-corrected chi connectivity index (χ2v) is 7.63. The number of thiol groups is 1. The van der Waals surface area contributed by atoms with Crippen LogP contribution in [0.4, 0.5) is 0 Å². The summed E-state index contributed by atoms with van der Waals surface area (Å²) in [6, 6.07) is 0. The summed E-state index contributed by atoms with van der Waals surface area (Å²) in [5.41, 5.74) is 2.05. The van der Waals surface area contributed by atoms with Gasteiger partial charge in [-0.3, -0.25) is 4.79 Å². The van der Waals surface area contributed by atoms with Gasteiger partial charge >= 0.3 is 7.48 Å². The van der Waals surface area contributed by atoms with Crippen molar-refractivity contribution in [2.45, 2.75) is 78.1 Å². The molecule has 1 atom stereocenters. The van der Waals surface area contributed by atoms with Crippen LogP contribution in [0.15, 0.2) is 35.3 Å². The number of allylic oxidation sites excluding steroid dienone is 5. The van der Waals surface area contributed by atoms with Gasteiger partial charge in [0, 0.05) is 16.7 Å². The molecular weight excluding hydrogens is 303 g/mol. The molecule has 4 heteroatoms. The largest absolute Gasteiger partial charge is 0.428 e. The third kappa shape index (κ3) is 6.72. The van der Waals surface area contributed by atoms with Crippen molar-refractivity contribution in [3.05, 3.63) is 35.3 Å². The maximum atomic E-state index is 11.9. The highest BCUT2D eigenvalue weighted by molar-refractivity contribution is 7.81. The van der Waals surface area contributed by atoms with Crippen molar-refractivity contribution in [3.8, 4) is 0 Å². The quantitative estimate of drug-likeness (QED) is 0.255. The fraction of sp³-hybridized carbons (Fsp3) is 0.632. The fourth-order valence-corrected chi connectivity index (χ4v) is 2.02. The van der Waals surface area contributed by atoms with Crippen molar-refractivity contribution in [1.29, 1.82) is 0 Å². The molecular formula is C19H32BO2S. The van der Waals surface area contributed by atoms with Gasteiger partial charge in [0.1, 0.15) is 0 Å². The number of carbonyl (C=O) groups excluding carboxylic acids is 1. The first-order valence-electron chi connectivity index (χ1n) is 8.32. The summed E-state index contributed by atoms with van der Waals surface area (Å²) in [4.78, 5) is 11.9. The van der Waals surface area contributed by atoms with Crippen molar-refractivity contribution in [2.75, 3.05) is 0 Å². The van der Waals surface area contributed by atoms with Crippen LogP contribution in [0.5, 0.6) is 0 Å². The van der Waals surface area contributed by atoms with Crippen LogP contribution in [-0.2, 0) is 9.45 Å². The number of carbonyl (C=O) groups is 1. The maximum absolute atomic E-state index is 11.9. The minimum atomic E-state index is -0.408. The van der Waals surface area contributed by atoms with Crippen LogP contribution in [0.25, 0.3) is 0 Å². The Hall–Kier alpha value is -0.735. The van der Waals surface area contributed by atoms with E-state index in [2.05, 4.69) is 20.4 Å². The zero-order valence-corrected chi connectivity index (χ0v) is 16.7. The molecule has 0 aliphatic heterocycles. The van der Waals surface area contributed by atoms with E-state index >= 15 is 0 Å². The van der Waals surface area contributed by atoms with E-state index in [1.54, 1.807) is 7.48 Å². The van der Waals surface area contributed by atoms with Gasteiger partial charge in [-0.2, -0.15) is 12.6 Å². The maximum Gasteiger partial charge on any atom is 0.330 e. The van der Waals surface area contributed by atoms with E-state index in [1.807, 2.05) is 46.8 Å². The number of rotatable bonds is 10. The van der Waals surface area contributed by atoms with Crippen LogP contribution in [0, 0.1) is 0 Å². The van der Waals surface area contributed by atoms with Crippen LogP contribution in [0.3, 0.4) is 0 Å². The fourth-order valence-electron chi connectivity index (χ4n) is 1.96. The Labute approximate surface area is 149 Å². The van der Waals surface area contributed by atoms with E-state index in [1.165, 1.54) is 0 Å². The Morgan fingerprint density at radius 3 is 2.30 bits per heavy atom. The number of Topliss-reactive ketones (excluding diaryl/α,β-unsaturated/α-hetero) is 1. The minimum absolute atomic E-state index is 0.0949. The molecule has 1 radical (unpaired) electrons. The molecule has 0 heterocycles. The van der Waals surface area contributed by atoms with Crippen molar-refractivity contribution >= 4 is 25.9 Å². The van der Waals surface area contributed by atoms with Crippen molar-refractivity contribution in [1.82, 2.24) is 0 Å². The van der Waals surface area contributed by atoms with Crippen LogP contribution in [-0.4, -0.2) is 23.6 Å². The highest BCUT2D eigenvalue weighted by Crippen LogP contribution is 2.34. The highest BCUT2D eigenvalue weighted by atomic mass is 32.1. The van der Waals surface area contributed by atoms with E-state index in [-0.39, 0.29) is 10.5 Å². The monoisotopic (exact) mass is 335 g/mol. The van der Waals surface area contributed by atoms with Crippen molar-refractivity contribution < 1.29 is 9.45 Å². The summed E-state index contributed by atoms with van der Waals surface area (Å²) in [5, 5.41) is 0. The Kier molecular flexibility index (Phi) is 9.23. The summed E-state index contributed by atoms with van der Waals surface area (Å²) in [5.74, 6) is 0.0949. The molecule has 2 nitrogen and oxygen atoms in total. The minimum Gasteiger partial charge on any atom is -0.428 e. The van der Waals surface area contributed by atoms with Crippen LogP contribution >= 0.6 is 12.6 Å². The molecule has 0 saturated heterocycles. The lowest BCUT2D eigenvalue weighted by atomic mass is 9.78. The predicted molar refractivity (Wildman–Crippen MR) is 105 cm³/mol. The SMILES string of the molecule is C=C(/C=C(C)\C([B]OC(C)(C)C(C)(S)CC)=C/C)C(=O)CCC. The van der Waals surface area contributed by atoms with Crippen LogP contribution in [0.2, 0.25) is 0 Å². The lowest BCUT2D eigenvalue weighted by Crippen LogP contribution is -2.46. The molecule has 1 unspecified atom stereocenters. The summed E-state index contributed by atoms with van der Waals surface area (Å²) in [7, 11) is 1.76. The smallest absolute Gasteiger partial charge is 0.330 e. The molecule has 0 aromatic carbocycles. The molecule has 129 valence electrons. The average Bonchev–Trinajstić information content (AvgIpc) is 2.47. The molecule has 0 spiro atoms. The van der Waals surface area contributed by atoms with Crippen molar-refractivity contribution in [2.24, 2.45) is 0 Å². The lowest BCUT2D eigenvalue weighted by molar-refractivity contribution is -0.115. The van der Waals surface area contributed by atoms with E-state index in [4.69, 9.17) is 17.3 Å². The number of hydrogen-bond acceptors (Lipinski definition) is 3. The van der Waals surface area contributed by atoms with E-state index in [9.17, 15) is 4.79 Å². The van der Waals surface area contributed by atoms with Gasteiger partial charge in [-0.05, 0) is 53.5 Å². The standard InChI is InChI=1S/C19H32BO2S/c1-9-12-17(21)15(5)13-14(4)16(10-2)20-22-18(6,7)19(8,23)11-3/h10,13,23H,5,9,11-12H2,1-4,6-8H3/b14-13-,16-10+. The molecule has 0 fully saturated rings. The summed E-state index contributed by atoms with van der Waals surface area (Å²) in [6.45, 7) is 18.0. The van der Waals surface area contributed by atoms with E-state index in [0.29, 0.717) is 12.0 Å². The Morgan fingerprint density at radius 2 is 1.87 bits per heavy atom. The molecule has 0 aromatic rings. The molecule has 0 saturated carbocycles. The van der Waals surface area contributed by atoms with Crippen LogP contribution in [0.1, 0.15) is 67.7 Å². The molecule has 0 N–H and O–H groups in total. The van der Waals surface area contributed by atoms with E-state index < -0.39 is 5.60 Å². The Morgan fingerprint density at radius 1 is 1.30 bits per heavy atom. The lowest BCUT2D eigenvalue weighted by Gasteiger charge is -2.40. The molecule has 0 aliphatic carbocycles. The van der Waals surface area contributed by atoms with Gasteiger partial charge in [-0.25, -0.2) is 0 Å². The molecule has 0 aromatic heterocycles.